The number of aromatic nitrogens is 2. The number of hydrogen-bond donors (Lipinski definition) is 2. The smallest absolute Gasteiger partial charge is 0.257 e. The lowest BCUT2D eigenvalue weighted by molar-refractivity contribution is -0.126. The fourth-order valence-corrected chi connectivity index (χ4v) is 3.27. The molecule has 2 unspecified atom stereocenters. The van der Waals surface area contributed by atoms with Crippen molar-refractivity contribution in [2.75, 3.05) is 6.54 Å². The summed E-state index contributed by atoms with van der Waals surface area (Å²) >= 11 is 0. The van der Waals surface area contributed by atoms with E-state index < -0.39 is 0 Å². The van der Waals surface area contributed by atoms with Crippen LogP contribution in [0.3, 0.4) is 0 Å². The van der Waals surface area contributed by atoms with Gasteiger partial charge in [-0.3, -0.25) is 4.79 Å². The summed E-state index contributed by atoms with van der Waals surface area (Å²) in [6.45, 7) is 2.64. The van der Waals surface area contributed by atoms with Crippen molar-refractivity contribution in [2.45, 2.75) is 51.5 Å². The number of halogens is 1. The van der Waals surface area contributed by atoms with Crippen LogP contribution < -0.4 is 11.1 Å². The molecule has 1 fully saturated rings. The first-order valence-corrected chi connectivity index (χ1v) is 9.11. The van der Waals surface area contributed by atoms with Crippen LogP contribution in [0.1, 0.15) is 44.0 Å². The van der Waals surface area contributed by atoms with Crippen LogP contribution in [0.25, 0.3) is 11.5 Å². The van der Waals surface area contributed by atoms with Crippen molar-refractivity contribution in [3.05, 3.63) is 35.7 Å². The number of rotatable bonds is 6. The van der Waals surface area contributed by atoms with Crippen molar-refractivity contribution >= 4 is 18.3 Å². The van der Waals surface area contributed by atoms with Gasteiger partial charge < -0.3 is 15.6 Å². The van der Waals surface area contributed by atoms with Crippen LogP contribution >= 0.6 is 12.4 Å². The van der Waals surface area contributed by atoms with Crippen molar-refractivity contribution in [1.82, 2.24) is 15.5 Å². The summed E-state index contributed by atoms with van der Waals surface area (Å²) < 4.78 is 5.24. The maximum atomic E-state index is 12.2. The van der Waals surface area contributed by atoms with E-state index >= 15 is 0 Å². The third-order valence-electron chi connectivity index (χ3n) is 4.78. The van der Waals surface area contributed by atoms with Crippen LogP contribution in [0, 0.1) is 5.92 Å². The third kappa shape index (κ3) is 5.29. The lowest BCUT2D eigenvalue weighted by atomic mass is 9.85. The topological polar surface area (TPSA) is 94.0 Å². The van der Waals surface area contributed by atoms with E-state index in [1.807, 2.05) is 31.2 Å². The normalized spacial score (nSPS) is 19.6. The van der Waals surface area contributed by atoms with Crippen LogP contribution in [0.2, 0.25) is 0 Å². The highest BCUT2D eigenvalue weighted by atomic mass is 35.5. The SMILES string of the molecule is CCc1noc(-c2ccc(CCNC(=O)C3CCCC(N)C3)cc2)n1.Cl. The first kappa shape index (κ1) is 20.4. The fourth-order valence-electron chi connectivity index (χ4n) is 3.27. The molecule has 1 saturated carbocycles. The van der Waals surface area contributed by atoms with Crippen LogP contribution in [0.4, 0.5) is 0 Å². The van der Waals surface area contributed by atoms with Gasteiger partial charge in [0.2, 0.25) is 5.91 Å². The van der Waals surface area contributed by atoms with Gasteiger partial charge in [0.25, 0.3) is 5.89 Å². The Balaban J connectivity index is 0.00000243. The second kappa shape index (κ2) is 9.69. The summed E-state index contributed by atoms with van der Waals surface area (Å²) in [5.74, 6) is 1.48. The molecule has 1 aromatic heterocycles. The molecule has 2 atom stereocenters. The van der Waals surface area contributed by atoms with Crippen molar-refractivity contribution in [3.63, 3.8) is 0 Å². The predicted molar refractivity (Wildman–Crippen MR) is 103 cm³/mol. The Bertz CT molecular complexity index is 702. The zero-order chi connectivity index (χ0) is 17.6. The number of carbonyl (C=O) groups is 1. The number of hydrogen-bond acceptors (Lipinski definition) is 5. The third-order valence-corrected chi connectivity index (χ3v) is 4.78. The average molecular weight is 379 g/mol. The summed E-state index contributed by atoms with van der Waals surface area (Å²) in [4.78, 5) is 16.5. The van der Waals surface area contributed by atoms with Gasteiger partial charge in [-0.2, -0.15) is 4.98 Å². The molecule has 142 valence electrons. The number of benzene rings is 1. The van der Waals surface area contributed by atoms with Gasteiger partial charge >= 0.3 is 0 Å². The summed E-state index contributed by atoms with van der Waals surface area (Å²) in [5, 5.41) is 6.95. The quantitative estimate of drug-likeness (QED) is 0.805. The van der Waals surface area contributed by atoms with E-state index in [9.17, 15) is 4.79 Å². The molecule has 0 spiro atoms. The molecule has 7 heteroatoms. The van der Waals surface area contributed by atoms with Crippen molar-refractivity contribution in [1.29, 1.82) is 0 Å². The van der Waals surface area contributed by atoms with Gasteiger partial charge in [-0.05, 0) is 43.4 Å². The Morgan fingerprint density at radius 2 is 2.08 bits per heavy atom. The summed E-state index contributed by atoms with van der Waals surface area (Å²) in [7, 11) is 0. The van der Waals surface area contributed by atoms with Crippen molar-refractivity contribution in [2.24, 2.45) is 11.7 Å². The molecule has 1 amide bonds. The van der Waals surface area contributed by atoms with Crippen LogP contribution in [-0.2, 0) is 17.6 Å². The molecule has 26 heavy (non-hydrogen) atoms. The average Bonchev–Trinajstić information content (AvgIpc) is 3.11. The minimum absolute atomic E-state index is 0. The van der Waals surface area contributed by atoms with Gasteiger partial charge in [0.1, 0.15) is 0 Å². The Morgan fingerprint density at radius 1 is 1.31 bits per heavy atom. The molecule has 3 N–H and O–H groups in total. The lowest BCUT2D eigenvalue weighted by Gasteiger charge is -2.25. The van der Waals surface area contributed by atoms with E-state index in [0.717, 1.165) is 44.1 Å². The molecule has 3 rings (SSSR count). The number of carbonyl (C=O) groups excluding carboxylic acids is 1. The van der Waals surface area contributed by atoms with Gasteiger partial charge in [0, 0.05) is 30.5 Å². The number of nitrogens with two attached hydrogens (primary N) is 1. The van der Waals surface area contributed by atoms with E-state index in [0.29, 0.717) is 18.3 Å². The molecule has 1 aliphatic rings. The Labute approximate surface area is 160 Å². The number of amides is 1. The second-order valence-electron chi connectivity index (χ2n) is 6.73. The Hall–Kier alpha value is -1.92. The lowest BCUT2D eigenvalue weighted by Crippen LogP contribution is -2.38. The van der Waals surface area contributed by atoms with E-state index in [1.165, 1.54) is 5.56 Å². The standard InChI is InChI=1S/C19H26N4O2.ClH/c1-2-17-22-19(25-23-17)14-8-6-13(7-9-14)10-11-21-18(24)15-4-3-5-16(20)12-15;/h6-9,15-16H,2-5,10-12,20H2,1H3,(H,21,24);1H. The number of nitrogens with one attached hydrogen (secondary N) is 1. The Kier molecular flexibility index (Phi) is 7.60. The molecule has 1 aliphatic carbocycles. The fraction of sp³-hybridized carbons (Fsp3) is 0.526. The number of nitrogens with zero attached hydrogens (tertiary/aromatic N) is 2. The zero-order valence-corrected chi connectivity index (χ0v) is 15.9. The molecular formula is C19H27ClN4O2. The highest BCUT2D eigenvalue weighted by Crippen LogP contribution is 2.23. The van der Waals surface area contributed by atoms with E-state index in [4.69, 9.17) is 10.3 Å². The van der Waals surface area contributed by atoms with Gasteiger partial charge in [-0.15, -0.1) is 12.4 Å². The van der Waals surface area contributed by atoms with E-state index in [1.54, 1.807) is 0 Å². The van der Waals surface area contributed by atoms with Crippen molar-refractivity contribution < 1.29 is 9.32 Å². The first-order valence-electron chi connectivity index (χ1n) is 9.11. The Morgan fingerprint density at radius 3 is 2.73 bits per heavy atom. The molecule has 2 aromatic rings. The van der Waals surface area contributed by atoms with Crippen molar-refractivity contribution in [3.8, 4) is 11.5 Å². The predicted octanol–water partition coefficient (Wildman–Crippen LogP) is 2.90. The minimum Gasteiger partial charge on any atom is -0.356 e. The second-order valence-corrected chi connectivity index (χ2v) is 6.73. The molecule has 0 radical (unpaired) electrons. The highest BCUT2D eigenvalue weighted by molar-refractivity contribution is 5.85. The summed E-state index contributed by atoms with van der Waals surface area (Å²) in [6, 6.07) is 8.20. The first-order chi connectivity index (χ1) is 12.2. The molecular weight excluding hydrogens is 352 g/mol. The summed E-state index contributed by atoms with van der Waals surface area (Å²) in [6.07, 6.45) is 5.41. The monoisotopic (exact) mass is 378 g/mol. The molecule has 6 nitrogen and oxygen atoms in total. The molecule has 1 heterocycles. The molecule has 0 saturated heterocycles. The van der Waals surface area contributed by atoms with Gasteiger partial charge in [0.05, 0.1) is 0 Å². The van der Waals surface area contributed by atoms with E-state index in [2.05, 4.69) is 15.5 Å². The zero-order valence-electron chi connectivity index (χ0n) is 15.1. The molecule has 1 aromatic carbocycles. The highest BCUT2D eigenvalue weighted by Gasteiger charge is 2.24. The maximum Gasteiger partial charge on any atom is 0.257 e. The molecule has 0 aliphatic heterocycles. The summed E-state index contributed by atoms with van der Waals surface area (Å²) in [5.41, 5.74) is 8.04. The van der Waals surface area contributed by atoms with Gasteiger partial charge in [-0.1, -0.05) is 30.6 Å². The van der Waals surface area contributed by atoms with Gasteiger partial charge in [0.15, 0.2) is 5.82 Å². The minimum atomic E-state index is 0. The van der Waals surface area contributed by atoms with Crippen LogP contribution in [0.15, 0.2) is 28.8 Å². The van der Waals surface area contributed by atoms with Gasteiger partial charge in [-0.25, -0.2) is 0 Å². The van der Waals surface area contributed by atoms with E-state index in [-0.39, 0.29) is 30.3 Å². The van der Waals surface area contributed by atoms with Crippen LogP contribution in [0.5, 0.6) is 0 Å². The maximum absolute atomic E-state index is 12.2. The number of aryl methyl sites for hydroxylation is 1. The molecule has 0 bridgehead atoms. The largest absolute Gasteiger partial charge is 0.356 e. The van der Waals surface area contributed by atoms with Crippen LogP contribution in [-0.4, -0.2) is 28.6 Å².